The molecule has 0 aromatic heterocycles. The number of hydrogen-bond donors (Lipinski definition) is 5. The third kappa shape index (κ3) is 4.98. The van der Waals surface area contributed by atoms with E-state index in [1.165, 1.54) is 7.11 Å². The van der Waals surface area contributed by atoms with Crippen LogP contribution in [0, 0.1) is 34.5 Å². The van der Waals surface area contributed by atoms with Crippen LogP contribution in [0.3, 0.4) is 0 Å². The highest BCUT2D eigenvalue weighted by Gasteiger charge is 2.73. The van der Waals surface area contributed by atoms with Gasteiger partial charge in [0.15, 0.2) is 18.4 Å². The third-order valence-electron chi connectivity index (χ3n) is 13.1. The molecule has 13 heteroatoms. The summed E-state index contributed by atoms with van der Waals surface area (Å²) < 4.78 is 36.1. The molecule has 0 spiro atoms. The number of carbonyl (C=O) groups is 2. The van der Waals surface area contributed by atoms with E-state index in [2.05, 4.69) is 6.92 Å². The molecule has 5 N–H and O–H groups in total. The quantitative estimate of drug-likeness (QED) is 0.239. The molecule has 19 unspecified atom stereocenters. The van der Waals surface area contributed by atoms with Crippen molar-refractivity contribution in [2.24, 2.45) is 34.5 Å². The Balaban J connectivity index is 1.04. The fourth-order valence-electron chi connectivity index (χ4n) is 10.7. The SMILES string of the molecule is COC1CC(OC2CCC3(C)C(=CCC4C3C(=O)C3OC(C)C5CC(=O)C4C35C)C2O)OC(C)C1OC1OC(CO)C(O)C(O)C1O. The van der Waals surface area contributed by atoms with Crippen LogP contribution >= 0.6 is 0 Å². The molecule has 7 aliphatic rings. The number of Topliss-reactive ketones (excluding diaryl/α,β-unsaturated/α-hetero) is 2. The first-order valence-corrected chi connectivity index (χ1v) is 17.2. The van der Waals surface area contributed by atoms with E-state index in [1.54, 1.807) is 6.92 Å². The highest BCUT2D eigenvalue weighted by molar-refractivity contribution is 5.96. The van der Waals surface area contributed by atoms with Crippen molar-refractivity contribution in [1.29, 1.82) is 0 Å². The Bertz CT molecular complexity index is 1270. The number of allylic oxidation sites excluding steroid dienone is 1. The molecule has 13 nitrogen and oxygen atoms in total. The van der Waals surface area contributed by atoms with Gasteiger partial charge in [-0.25, -0.2) is 0 Å². The first-order valence-electron chi connectivity index (χ1n) is 17.2. The third-order valence-corrected chi connectivity index (χ3v) is 13.1. The molecule has 0 bridgehead atoms. The van der Waals surface area contributed by atoms with Gasteiger partial charge in [-0.2, -0.15) is 0 Å². The molecule has 3 heterocycles. The Morgan fingerprint density at radius 2 is 1.68 bits per heavy atom. The first kappa shape index (κ1) is 34.1. The predicted molar refractivity (Wildman–Crippen MR) is 160 cm³/mol. The number of carbonyl (C=O) groups excluding carboxylic acids is 2. The summed E-state index contributed by atoms with van der Waals surface area (Å²) in [5, 5.41) is 52.1. The fraction of sp³-hybridized carbons (Fsp3) is 0.882. The van der Waals surface area contributed by atoms with Gasteiger partial charge in [0.25, 0.3) is 0 Å². The number of aliphatic hydroxyl groups is 5. The number of ketones is 2. The van der Waals surface area contributed by atoms with Crippen LogP contribution in [0.1, 0.15) is 59.8 Å². The zero-order chi connectivity index (χ0) is 33.7. The minimum Gasteiger partial charge on any atom is -0.394 e. The molecule has 0 aromatic carbocycles. The van der Waals surface area contributed by atoms with Crippen LogP contribution in [0.15, 0.2) is 11.6 Å². The molecule has 0 radical (unpaired) electrons. The van der Waals surface area contributed by atoms with E-state index in [9.17, 15) is 35.1 Å². The predicted octanol–water partition coefficient (Wildman–Crippen LogP) is 0.0116. The second-order valence-electron chi connectivity index (χ2n) is 15.4. The molecule has 7 rings (SSSR count). The van der Waals surface area contributed by atoms with Gasteiger partial charge in [0.1, 0.15) is 48.5 Å². The lowest BCUT2D eigenvalue weighted by atomic mass is 9.46. The molecule has 0 amide bonds. The number of hydrogen-bond acceptors (Lipinski definition) is 13. The summed E-state index contributed by atoms with van der Waals surface area (Å²) in [6, 6.07) is 0. The normalized spacial score (nSPS) is 55.7. The lowest BCUT2D eigenvalue weighted by Crippen LogP contribution is -2.62. The monoisotopic (exact) mass is 666 g/mol. The van der Waals surface area contributed by atoms with Crippen LogP contribution in [0.5, 0.6) is 0 Å². The zero-order valence-corrected chi connectivity index (χ0v) is 27.6. The highest BCUT2D eigenvalue weighted by Crippen LogP contribution is 2.67. The number of rotatable bonds is 6. The van der Waals surface area contributed by atoms with Crippen molar-refractivity contribution in [3.8, 4) is 0 Å². The van der Waals surface area contributed by atoms with Crippen molar-refractivity contribution in [3.63, 3.8) is 0 Å². The summed E-state index contributed by atoms with van der Waals surface area (Å²) in [5.74, 6) is -0.401. The highest BCUT2D eigenvalue weighted by atomic mass is 16.7. The fourth-order valence-corrected chi connectivity index (χ4v) is 10.7. The van der Waals surface area contributed by atoms with Crippen LogP contribution in [0.2, 0.25) is 0 Å². The van der Waals surface area contributed by atoms with Crippen molar-refractivity contribution in [3.05, 3.63) is 11.6 Å². The summed E-state index contributed by atoms with van der Waals surface area (Å²) in [7, 11) is 1.51. The maximum Gasteiger partial charge on any atom is 0.187 e. The minimum absolute atomic E-state index is 0.0545. The molecular formula is C34H50O13. The molecule has 0 aromatic rings. The van der Waals surface area contributed by atoms with Gasteiger partial charge in [0, 0.05) is 48.5 Å². The summed E-state index contributed by atoms with van der Waals surface area (Å²) in [4.78, 5) is 27.7. The summed E-state index contributed by atoms with van der Waals surface area (Å²) in [6.07, 6.45) is -7.81. The van der Waals surface area contributed by atoms with Crippen LogP contribution in [0.25, 0.3) is 0 Å². The molecule has 6 fully saturated rings. The molecule has 4 aliphatic carbocycles. The number of aliphatic hydroxyl groups excluding tert-OH is 5. The molecule has 3 aliphatic heterocycles. The van der Waals surface area contributed by atoms with Crippen LogP contribution in [-0.2, 0) is 38.0 Å². The molecule has 3 saturated heterocycles. The first-order chi connectivity index (χ1) is 22.3. The number of fused-ring (bicyclic) bond motifs is 4. The lowest BCUT2D eigenvalue weighted by Gasteiger charge is -2.57. The van der Waals surface area contributed by atoms with E-state index in [4.69, 9.17) is 28.4 Å². The van der Waals surface area contributed by atoms with Crippen molar-refractivity contribution >= 4 is 11.6 Å². The van der Waals surface area contributed by atoms with Crippen LogP contribution in [-0.4, -0.2) is 131 Å². The average molecular weight is 667 g/mol. The maximum absolute atomic E-state index is 14.3. The van der Waals surface area contributed by atoms with E-state index < -0.39 is 97.0 Å². The topological polar surface area (TPSA) is 191 Å². The van der Waals surface area contributed by atoms with E-state index >= 15 is 0 Å². The van der Waals surface area contributed by atoms with Gasteiger partial charge in [-0.05, 0) is 44.6 Å². The van der Waals surface area contributed by atoms with E-state index in [0.29, 0.717) is 25.7 Å². The lowest BCUT2D eigenvalue weighted by molar-refractivity contribution is -0.346. The Hall–Kier alpha value is -1.36. The maximum atomic E-state index is 14.3. The van der Waals surface area contributed by atoms with Crippen molar-refractivity contribution in [2.45, 2.75) is 140 Å². The van der Waals surface area contributed by atoms with Crippen molar-refractivity contribution in [2.75, 3.05) is 13.7 Å². The van der Waals surface area contributed by atoms with Crippen LogP contribution < -0.4 is 0 Å². The Kier molecular flexibility index (Phi) is 8.82. The van der Waals surface area contributed by atoms with Crippen LogP contribution in [0.4, 0.5) is 0 Å². The van der Waals surface area contributed by atoms with E-state index in [1.807, 2.05) is 19.9 Å². The Morgan fingerprint density at radius 1 is 0.936 bits per heavy atom. The second-order valence-corrected chi connectivity index (χ2v) is 15.4. The number of ether oxygens (including phenoxy) is 6. The van der Waals surface area contributed by atoms with Gasteiger partial charge < -0.3 is 54.0 Å². The largest absolute Gasteiger partial charge is 0.394 e. The van der Waals surface area contributed by atoms with Crippen molar-refractivity contribution < 1.29 is 63.5 Å². The van der Waals surface area contributed by atoms with Gasteiger partial charge in [0.05, 0.1) is 31.0 Å². The van der Waals surface area contributed by atoms with E-state index in [0.717, 1.165) is 5.57 Å². The summed E-state index contributed by atoms with van der Waals surface area (Å²) in [5.41, 5.74) is -0.336. The molecule has 19 atom stereocenters. The second kappa shape index (κ2) is 12.2. The number of methoxy groups -OCH3 is 1. The Labute approximate surface area is 274 Å². The van der Waals surface area contributed by atoms with Gasteiger partial charge in [-0.15, -0.1) is 0 Å². The van der Waals surface area contributed by atoms with Gasteiger partial charge in [-0.3, -0.25) is 9.59 Å². The zero-order valence-electron chi connectivity index (χ0n) is 27.6. The van der Waals surface area contributed by atoms with E-state index in [-0.39, 0.29) is 41.8 Å². The Morgan fingerprint density at radius 3 is 2.38 bits per heavy atom. The summed E-state index contributed by atoms with van der Waals surface area (Å²) >= 11 is 0. The molecule has 264 valence electrons. The molecule has 3 saturated carbocycles. The smallest absolute Gasteiger partial charge is 0.187 e. The summed E-state index contributed by atoms with van der Waals surface area (Å²) in [6.45, 7) is 7.27. The van der Waals surface area contributed by atoms with Gasteiger partial charge >= 0.3 is 0 Å². The standard InChI is InChI=1S/C34H50O13/c1-13-17-10-18(36)23-15-6-7-16-25(37)19(8-9-33(16,3)24(15)27(39)31(44-13)34(17,23)4)45-22-11-20(42-5)30(14(2)43-22)47-32-29(41)28(40)26(38)21(12-35)46-32/h7,13-15,17,19-26,28-32,35,37-38,40-41H,6,8-12H2,1-5H3. The minimum atomic E-state index is -1.58. The van der Waals surface area contributed by atoms with Gasteiger partial charge in [-0.1, -0.05) is 19.9 Å². The molecular weight excluding hydrogens is 616 g/mol. The average Bonchev–Trinajstić information content (AvgIpc) is 3.46. The van der Waals surface area contributed by atoms with Gasteiger partial charge in [0.2, 0.25) is 0 Å². The van der Waals surface area contributed by atoms with Crippen molar-refractivity contribution in [1.82, 2.24) is 0 Å². The molecule has 47 heavy (non-hydrogen) atoms.